The second-order valence-electron chi connectivity index (χ2n) is 4.73. The molecule has 0 aliphatic heterocycles. The van der Waals surface area contributed by atoms with Crippen molar-refractivity contribution < 1.29 is 13.2 Å². The van der Waals surface area contributed by atoms with Crippen LogP contribution in [0.3, 0.4) is 0 Å². The van der Waals surface area contributed by atoms with E-state index < -0.39 is 10.0 Å². The van der Waals surface area contributed by atoms with Crippen molar-refractivity contribution in [3.8, 4) is 0 Å². The van der Waals surface area contributed by atoms with Crippen LogP contribution in [0.4, 0.5) is 5.69 Å². The fraction of sp³-hybridized carbons (Fsp3) is 0.636. The van der Waals surface area contributed by atoms with Crippen molar-refractivity contribution in [2.75, 3.05) is 16.4 Å². The molecule has 1 fully saturated rings. The Morgan fingerprint density at radius 1 is 1.50 bits per heavy atom. The van der Waals surface area contributed by atoms with Gasteiger partial charge in [0.25, 0.3) is 0 Å². The van der Waals surface area contributed by atoms with Gasteiger partial charge in [0.05, 0.1) is 17.6 Å². The quantitative estimate of drug-likeness (QED) is 0.683. The molecule has 0 saturated heterocycles. The average Bonchev–Trinajstić information content (AvgIpc) is 3.07. The molecule has 1 aromatic rings. The molecule has 0 atom stereocenters. The zero-order valence-corrected chi connectivity index (χ0v) is 12.5. The second-order valence-corrected chi connectivity index (χ2v) is 6.95. The monoisotopic (exact) mass is 320 g/mol. The van der Waals surface area contributed by atoms with Gasteiger partial charge < -0.3 is 5.32 Å². The molecule has 1 aliphatic rings. The number of hydrogen-bond donors (Lipinski definition) is 2. The van der Waals surface area contributed by atoms with Crippen LogP contribution in [0.25, 0.3) is 0 Å². The van der Waals surface area contributed by atoms with E-state index in [1.807, 2.05) is 0 Å². The maximum Gasteiger partial charge on any atom is 0.241 e. The summed E-state index contributed by atoms with van der Waals surface area (Å²) >= 11 is 5.47. The lowest BCUT2D eigenvalue weighted by Gasteiger charge is -2.04. The first-order valence-corrected chi connectivity index (χ1v) is 8.55. The van der Waals surface area contributed by atoms with E-state index in [0.717, 1.165) is 12.8 Å². The Morgan fingerprint density at radius 2 is 2.25 bits per heavy atom. The fourth-order valence-electron chi connectivity index (χ4n) is 1.63. The number of amides is 1. The number of rotatable bonds is 8. The van der Waals surface area contributed by atoms with Crippen molar-refractivity contribution in [3.05, 3.63) is 12.4 Å². The zero-order chi connectivity index (χ0) is 14.6. The highest BCUT2D eigenvalue weighted by Gasteiger charge is 2.23. The van der Waals surface area contributed by atoms with Crippen LogP contribution in [0.1, 0.15) is 19.3 Å². The minimum atomic E-state index is -3.41. The van der Waals surface area contributed by atoms with Crippen LogP contribution in [0.5, 0.6) is 0 Å². The lowest BCUT2D eigenvalue weighted by atomic mass is 10.5. The summed E-state index contributed by atoms with van der Waals surface area (Å²) in [5.41, 5.74) is 0.346. The van der Waals surface area contributed by atoms with E-state index in [1.165, 1.54) is 17.1 Å². The Kier molecular flexibility index (Phi) is 4.87. The molecule has 1 aliphatic carbocycles. The van der Waals surface area contributed by atoms with Crippen LogP contribution in [-0.2, 0) is 21.4 Å². The summed E-state index contributed by atoms with van der Waals surface area (Å²) in [5.74, 6) is 0.137. The molecule has 112 valence electrons. The van der Waals surface area contributed by atoms with Gasteiger partial charge in [0, 0.05) is 18.1 Å². The maximum atomic E-state index is 11.7. The van der Waals surface area contributed by atoms with Crippen molar-refractivity contribution in [1.29, 1.82) is 0 Å². The molecular formula is C11H17ClN4O3S. The third-order valence-corrected chi connectivity index (χ3v) is 4.34. The number of carbonyl (C=O) groups excluding carboxylic acids is 1. The van der Waals surface area contributed by atoms with E-state index in [1.54, 1.807) is 0 Å². The Morgan fingerprint density at radius 3 is 2.90 bits per heavy atom. The Balaban J connectivity index is 1.86. The van der Waals surface area contributed by atoms with Gasteiger partial charge in [-0.25, -0.2) is 8.42 Å². The van der Waals surface area contributed by atoms with Crippen molar-refractivity contribution in [3.63, 3.8) is 0 Å². The normalized spacial score (nSPS) is 15.1. The molecule has 0 bridgehead atoms. The molecule has 0 unspecified atom stereocenters. The molecule has 1 aromatic heterocycles. The molecule has 9 heteroatoms. The summed E-state index contributed by atoms with van der Waals surface area (Å²) in [6, 6.07) is 0.298. The molecule has 20 heavy (non-hydrogen) atoms. The van der Waals surface area contributed by atoms with Crippen LogP contribution in [0, 0.1) is 0 Å². The summed E-state index contributed by atoms with van der Waals surface area (Å²) in [6.07, 6.45) is 5.30. The largest absolute Gasteiger partial charge is 0.352 e. The van der Waals surface area contributed by atoms with Gasteiger partial charge in [0.2, 0.25) is 15.9 Å². The smallest absolute Gasteiger partial charge is 0.241 e. The Bertz CT molecular complexity index is 568. The number of nitrogens with zero attached hydrogens (tertiary/aromatic N) is 2. The number of hydrogen-bond acceptors (Lipinski definition) is 4. The number of sulfonamides is 1. The number of anilines is 1. The minimum Gasteiger partial charge on any atom is -0.352 e. The van der Waals surface area contributed by atoms with Crippen molar-refractivity contribution >= 4 is 33.2 Å². The Hall–Kier alpha value is -1.28. The molecule has 0 aromatic carbocycles. The molecular weight excluding hydrogens is 304 g/mol. The standard InChI is InChI=1S/C11H17ClN4O3S/c12-4-1-5-20(18,19)15-10-6-13-16(7-10)8-11(17)14-9-2-3-9/h6-7,9,15H,1-5,8H2,(H,14,17). The molecule has 7 nitrogen and oxygen atoms in total. The molecule has 2 rings (SSSR count). The van der Waals surface area contributed by atoms with E-state index in [4.69, 9.17) is 11.6 Å². The highest BCUT2D eigenvalue weighted by molar-refractivity contribution is 7.92. The van der Waals surface area contributed by atoms with Crippen LogP contribution >= 0.6 is 11.6 Å². The third kappa shape index (κ3) is 5.01. The summed E-state index contributed by atoms with van der Waals surface area (Å²) in [7, 11) is -3.41. The molecule has 2 N–H and O–H groups in total. The van der Waals surface area contributed by atoms with Gasteiger partial charge in [0.1, 0.15) is 6.54 Å². The van der Waals surface area contributed by atoms with Crippen molar-refractivity contribution in [2.45, 2.75) is 31.8 Å². The lowest BCUT2D eigenvalue weighted by molar-refractivity contribution is -0.122. The molecule has 1 amide bonds. The van der Waals surface area contributed by atoms with Crippen molar-refractivity contribution in [2.24, 2.45) is 0 Å². The van der Waals surface area contributed by atoms with E-state index in [2.05, 4.69) is 15.1 Å². The van der Waals surface area contributed by atoms with Gasteiger partial charge in [-0.3, -0.25) is 14.2 Å². The number of aromatic nitrogens is 2. The zero-order valence-electron chi connectivity index (χ0n) is 10.9. The second kappa shape index (κ2) is 6.45. The van der Waals surface area contributed by atoms with E-state index in [0.29, 0.717) is 24.0 Å². The van der Waals surface area contributed by atoms with Gasteiger partial charge in [-0.05, 0) is 19.3 Å². The van der Waals surface area contributed by atoms with E-state index in [9.17, 15) is 13.2 Å². The third-order valence-electron chi connectivity index (χ3n) is 2.70. The van der Waals surface area contributed by atoms with E-state index in [-0.39, 0.29) is 18.2 Å². The van der Waals surface area contributed by atoms with E-state index >= 15 is 0 Å². The molecule has 0 spiro atoms. The summed E-state index contributed by atoms with van der Waals surface area (Å²) in [4.78, 5) is 11.6. The van der Waals surface area contributed by atoms with Crippen LogP contribution in [0.2, 0.25) is 0 Å². The SMILES string of the molecule is O=C(Cn1cc(NS(=O)(=O)CCCCl)cn1)NC1CC1. The summed E-state index contributed by atoms with van der Waals surface area (Å²) < 4.78 is 27.1. The minimum absolute atomic E-state index is 0.0379. The van der Waals surface area contributed by atoms with Gasteiger partial charge in [-0.15, -0.1) is 11.6 Å². The summed E-state index contributed by atoms with van der Waals surface area (Å²) in [5, 5.41) is 6.79. The highest BCUT2D eigenvalue weighted by atomic mass is 35.5. The fourth-order valence-corrected chi connectivity index (χ4v) is 3.01. The van der Waals surface area contributed by atoms with Gasteiger partial charge in [0.15, 0.2) is 0 Å². The number of carbonyl (C=O) groups is 1. The predicted octanol–water partition coefficient (Wildman–Crippen LogP) is 0.532. The lowest BCUT2D eigenvalue weighted by Crippen LogP contribution is -2.29. The first-order chi connectivity index (χ1) is 9.48. The van der Waals surface area contributed by atoms with Gasteiger partial charge >= 0.3 is 0 Å². The van der Waals surface area contributed by atoms with Gasteiger partial charge in [-0.1, -0.05) is 0 Å². The molecule has 1 saturated carbocycles. The average molecular weight is 321 g/mol. The summed E-state index contributed by atoms with van der Waals surface area (Å²) in [6.45, 7) is 0.0832. The molecule has 0 radical (unpaired) electrons. The van der Waals surface area contributed by atoms with Crippen LogP contribution in [0.15, 0.2) is 12.4 Å². The Labute approximate surface area is 122 Å². The van der Waals surface area contributed by atoms with Crippen LogP contribution < -0.4 is 10.0 Å². The first kappa shape index (κ1) is 15.1. The highest BCUT2D eigenvalue weighted by Crippen LogP contribution is 2.18. The number of nitrogens with one attached hydrogen (secondary N) is 2. The van der Waals surface area contributed by atoms with Crippen molar-refractivity contribution in [1.82, 2.24) is 15.1 Å². The number of alkyl halides is 1. The van der Waals surface area contributed by atoms with Gasteiger partial charge in [-0.2, -0.15) is 5.10 Å². The predicted molar refractivity (Wildman–Crippen MR) is 76.1 cm³/mol. The number of halogens is 1. The molecule has 1 heterocycles. The first-order valence-electron chi connectivity index (χ1n) is 6.37. The van der Waals surface area contributed by atoms with Crippen LogP contribution in [-0.4, -0.2) is 41.8 Å². The maximum absolute atomic E-state index is 11.7. The topological polar surface area (TPSA) is 93.1 Å².